The van der Waals surface area contributed by atoms with Crippen LogP contribution in [-0.2, 0) is 9.53 Å². The van der Waals surface area contributed by atoms with E-state index in [2.05, 4.69) is 22.7 Å². The van der Waals surface area contributed by atoms with Crippen LogP contribution < -0.4 is 11.2 Å². The summed E-state index contributed by atoms with van der Waals surface area (Å²) in [5.41, 5.74) is 7.74. The maximum atomic E-state index is 12.0. The number of hydrazone groups is 1. The maximum Gasteiger partial charge on any atom is 0.317 e. The molecule has 17 heavy (non-hydrogen) atoms. The summed E-state index contributed by atoms with van der Waals surface area (Å²) in [4.78, 5) is 12.0. The topological polar surface area (TPSA) is 76.7 Å². The van der Waals surface area contributed by atoms with Crippen molar-refractivity contribution in [3.63, 3.8) is 0 Å². The molecule has 0 aliphatic carbocycles. The van der Waals surface area contributed by atoms with Crippen LogP contribution in [0.5, 0.6) is 0 Å². The van der Waals surface area contributed by atoms with Crippen LogP contribution in [0.15, 0.2) is 5.10 Å². The van der Waals surface area contributed by atoms with Crippen LogP contribution in [0.4, 0.5) is 0 Å². The zero-order chi connectivity index (χ0) is 13.5. The summed E-state index contributed by atoms with van der Waals surface area (Å²) >= 11 is 4.67. The Bertz CT molecular complexity index is 312. The van der Waals surface area contributed by atoms with E-state index in [-0.39, 0.29) is 11.1 Å². The lowest BCUT2D eigenvalue weighted by Crippen LogP contribution is -2.40. The molecule has 0 heterocycles. The van der Waals surface area contributed by atoms with Crippen LogP contribution in [0.1, 0.15) is 40.5 Å². The fourth-order valence-electron chi connectivity index (χ4n) is 1.71. The molecule has 0 fully saturated rings. The summed E-state index contributed by atoms with van der Waals surface area (Å²) in [5.74, 6) is -0.254. The zero-order valence-electron chi connectivity index (χ0n) is 10.9. The minimum absolute atomic E-state index is 0.0781. The highest BCUT2D eigenvalue weighted by Gasteiger charge is 2.39. The number of ether oxygens (including phenoxy) is 1. The molecule has 0 aromatic carbocycles. The predicted octanol–water partition coefficient (Wildman–Crippen LogP) is 1.56. The number of hydrogen-bond donors (Lipinski definition) is 2. The standard InChI is InChI=1S/C11H21N3O2S/c1-5-11(6-2,9(15)16-7-3)8(4)13-14-10(12)17/h5-7H2,1-4H3,(H3,12,14,17). The van der Waals surface area contributed by atoms with Gasteiger partial charge in [0.2, 0.25) is 0 Å². The van der Waals surface area contributed by atoms with E-state index in [1.165, 1.54) is 0 Å². The molecule has 0 atom stereocenters. The molecule has 5 nitrogen and oxygen atoms in total. The summed E-state index contributed by atoms with van der Waals surface area (Å²) in [6, 6.07) is 0. The Morgan fingerprint density at radius 3 is 2.29 bits per heavy atom. The van der Waals surface area contributed by atoms with Gasteiger partial charge < -0.3 is 10.5 Å². The lowest BCUT2D eigenvalue weighted by Gasteiger charge is -2.28. The first-order valence-electron chi connectivity index (χ1n) is 5.72. The van der Waals surface area contributed by atoms with E-state index in [4.69, 9.17) is 10.5 Å². The van der Waals surface area contributed by atoms with Gasteiger partial charge in [0.15, 0.2) is 5.11 Å². The van der Waals surface area contributed by atoms with Crippen LogP contribution in [-0.4, -0.2) is 23.4 Å². The SMILES string of the molecule is CCOC(=O)C(CC)(CC)C(C)=NNC(N)=S. The van der Waals surface area contributed by atoms with Crippen molar-refractivity contribution in [1.82, 2.24) is 5.43 Å². The van der Waals surface area contributed by atoms with Crippen molar-refractivity contribution in [2.45, 2.75) is 40.5 Å². The Morgan fingerprint density at radius 2 is 1.94 bits per heavy atom. The van der Waals surface area contributed by atoms with E-state index in [1.807, 2.05) is 13.8 Å². The Labute approximate surface area is 108 Å². The van der Waals surface area contributed by atoms with Gasteiger partial charge in [-0.05, 0) is 38.9 Å². The van der Waals surface area contributed by atoms with Crippen LogP contribution in [0.3, 0.4) is 0 Å². The molecule has 0 aliphatic heterocycles. The van der Waals surface area contributed by atoms with Gasteiger partial charge in [-0.25, -0.2) is 0 Å². The smallest absolute Gasteiger partial charge is 0.317 e. The van der Waals surface area contributed by atoms with Gasteiger partial charge in [0.05, 0.1) is 12.3 Å². The molecule has 3 N–H and O–H groups in total. The van der Waals surface area contributed by atoms with Gasteiger partial charge in [-0.1, -0.05) is 13.8 Å². The molecule has 0 radical (unpaired) electrons. The monoisotopic (exact) mass is 259 g/mol. The third kappa shape index (κ3) is 3.96. The highest BCUT2D eigenvalue weighted by atomic mass is 32.1. The van der Waals surface area contributed by atoms with Crippen LogP contribution >= 0.6 is 12.2 Å². The Balaban J connectivity index is 5.11. The summed E-state index contributed by atoms with van der Waals surface area (Å²) in [5, 5.41) is 4.12. The highest BCUT2D eigenvalue weighted by Crippen LogP contribution is 2.30. The summed E-state index contributed by atoms with van der Waals surface area (Å²) in [7, 11) is 0. The third-order valence-corrected chi connectivity index (χ3v) is 2.99. The van der Waals surface area contributed by atoms with E-state index in [0.29, 0.717) is 25.2 Å². The Kier molecular flexibility index (Phi) is 6.72. The molecule has 0 saturated heterocycles. The quantitative estimate of drug-likeness (QED) is 0.328. The molecule has 0 aromatic heterocycles. The first-order valence-corrected chi connectivity index (χ1v) is 6.12. The molecule has 0 aliphatic rings. The molecule has 0 amide bonds. The minimum Gasteiger partial charge on any atom is -0.465 e. The molecule has 0 unspecified atom stereocenters. The van der Waals surface area contributed by atoms with Crippen LogP contribution in [0.2, 0.25) is 0 Å². The molecule has 0 spiro atoms. The van der Waals surface area contributed by atoms with Crippen molar-refractivity contribution < 1.29 is 9.53 Å². The molecule has 0 saturated carbocycles. The van der Waals surface area contributed by atoms with Crippen molar-refractivity contribution in [2.24, 2.45) is 16.3 Å². The molecular formula is C11H21N3O2S. The van der Waals surface area contributed by atoms with Crippen LogP contribution in [0.25, 0.3) is 0 Å². The number of nitrogens with zero attached hydrogens (tertiary/aromatic N) is 1. The second-order valence-electron chi connectivity index (χ2n) is 3.68. The maximum absolute atomic E-state index is 12.0. The molecule has 0 bridgehead atoms. The normalized spacial score (nSPS) is 12.1. The minimum atomic E-state index is -0.701. The Hall–Kier alpha value is -1.17. The fourth-order valence-corrected chi connectivity index (χ4v) is 1.76. The average molecular weight is 259 g/mol. The Morgan fingerprint density at radius 1 is 1.41 bits per heavy atom. The molecule has 0 rings (SSSR count). The van der Waals surface area contributed by atoms with Gasteiger partial charge >= 0.3 is 5.97 Å². The van der Waals surface area contributed by atoms with Gasteiger partial charge in [0, 0.05) is 0 Å². The highest BCUT2D eigenvalue weighted by molar-refractivity contribution is 7.80. The van der Waals surface area contributed by atoms with Crippen molar-refractivity contribution in [2.75, 3.05) is 6.61 Å². The number of hydrogen-bond acceptors (Lipinski definition) is 4. The summed E-state index contributed by atoms with van der Waals surface area (Å²) < 4.78 is 5.11. The van der Waals surface area contributed by atoms with Crippen LogP contribution in [0, 0.1) is 5.41 Å². The number of carbonyl (C=O) groups is 1. The zero-order valence-corrected chi connectivity index (χ0v) is 11.7. The number of nitrogens with one attached hydrogen (secondary N) is 1. The number of nitrogens with two attached hydrogens (primary N) is 1. The molecule has 6 heteroatoms. The summed E-state index contributed by atoms with van der Waals surface area (Å²) in [6.45, 7) is 7.78. The third-order valence-electron chi connectivity index (χ3n) is 2.90. The largest absolute Gasteiger partial charge is 0.465 e. The molecular weight excluding hydrogens is 238 g/mol. The second-order valence-corrected chi connectivity index (χ2v) is 4.12. The van der Waals surface area contributed by atoms with E-state index >= 15 is 0 Å². The van der Waals surface area contributed by atoms with Gasteiger partial charge in [0.25, 0.3) is 0 Å². The van der Waals surface area contributed by atoms with Gasteiger partial charge in [-0.2, -0.15) is 5.10 Å². The van der Waals surface area contributed by atoms with Gasteiger partial charge in [-0.15, -0.1) is 0 Å². The lowest BCUT2D eigenvalue weighted by molar-refractivity contribution is -0.151. The predicted molar refractivity (Wildman–Crippen MR) is 72.7 cm³/mol. The first kappa shape index (κ1) is 15.8. The van der Waals surface area contributed by atoms with Crippen molar-refractivity contribution in [3.05, 3.63) is 0 Å². The van der Waals surface area contributed by atoms with E-state index in [1.54, 1.807) is 13.8 Å². The molecule has 0 aromatic rings. The van der Waals surface area contributed by atoms with E-state index < -0.39 is 5.41 Å². The first-order chi connectivity index (χ1) is 7.94. The van der Waals surface area contributed by atoms with E-state index in [9.17, 15) is 4.79 Å². The van der Waals surface area contributed by atoms with Crippen molar-refractivity contribution in [1.29, 1.82) is 0 Å². The summed E-state index contributed by atoms with van der Waals surface area (Å²) in [6.07, 6.45) is 1.24. The second kappa shape index (κ2) is 7.21. The van der Waals surface area contributed by atoms with Crippen molar-refractivity contribution >= 4 is 29.0 Å². The number of rotatable bonds is 6. The van der Waals surface area contributed by atoms with E-state index in [0.717, 1.165) is 0 Å². The fraction of sp³-hybridized carbons (Fsp3) is 0.727. The average Bonchev–Trinajstić information content (AvgIpc) is 2.29. The van der Waals surface area contributed by atoms with Gasteiger partial charge in [0.1, 0.15) is 5.41 Å². The lowest BCUT2D eigenvalue weighted by atomic mass is 9.78. The molecule has 98 valence electrons. The number of esters is 1. The number of carbonyl (C=O) groups excluding carboxylic acids is 1. The van der Waals surface area contributed by atoms with Gasteiger partial charge in [-0.3, -0.25) is 10.2 Å². The number of thiocarbonyl (C=S) groups is 1. The van der Waals surface area contributed by atoms with Crippen molar-refractivity contribution in [3.8, 4) is 0 Å².